The Morgan fingerprint density at radius 2 is 1.81 bits per heavy atom. The highest BCUT2D eigenvalue weighted by atomic mass is 16.5. The van der Waals surface area contributed by atoms with Crippen molar-refractivity contribution in [2.24, 2.45) is 10.7 Å². The van der Waals surface area contributed by atoms with Crippen LogP contribution in [0.15, 0.2) is 72.5 Å². The second-order valence-electron chi connectivity index (χ2n) is 10.6. The number of nitrogens with zero attached hydrogens (tertiary/aromatic N) is 4. The van der Waals surface area contributed by atoms with Crippen LogP contribution in [0.3, 0.4) is 0 Å². The van der Waals surface area contributed by atoms with E-state index in [0.717, 1.165) is 79.4 Å². The maximum absolute atomic E-state index is 12.6. The Kier molecular flexibility index (Phi) is 9.28. The molecule has 0 spiro atoms. The highest BCUT2D eigenvalue weighted by Gasteiger charge is 2.22. The summed E-state index contributed by atoms with van der Waals surface area (Å²) in [6.07, 6.45) is 4.75. The SMILES string of the molecule is C=CC(=O)N(C)c1cc(-c2c(-c3ccc(OCCN(C)C)cc3)[nH]c3ncc(/C(=C/N)C(C)=NC)c(C)c23)ccc1C. The third-order valence-electron chi connectivity index (χ3n) is 7.58. The summed E-state index contributed by atoms with van der Waals surface area (Å²) in [5.74, 6) is 0.635. The number of carbonyl (C=O) groups is 1. The van der Waals surface area contributed by atoms with Gasteiger partial charge in [0.2, 0.25) is 5.91 Å². The molecule has 8 nitrogen and oxygen atoms in total. The van der Waals surface area contributed by atoms with Gasteiger partial charge >= 0.3 is 0 Å². The van der Waals surface area contributed by atoms with E-state index in [1.165, 1.54) is 6.08 Å². The Balaban J connectivity index is 1.96. The number of aryl methyl sites for hydroxylation is 2. The van der Waals surface area contributed by atoms with Gasteiger partial charge in [0.05, 0.1) is 5.69 Å². The quantitative estimate of drug-likeness (QED) is 0.182. The van der Waals surface area contributed by atoms with E-state index in [1.807, 2.05) is 58.4 Å². The van der Waals surface area contributed by atoms with Crippen LogP contribution in [-0.2, 0) is 4.79 Å². The fourth-order valence-corrected chi connectivity index (χ4v) is 5.06. The molecule has 2 aromatic carbocycles. The Bertz CT molecular complexity index is 1680. The van der Waals surface area contributed by atoms with Crippen molar-refractivity contribution in [2.45, 2.75) is 20.8 Å². The predicted octanol–water partition coefficient (Wildman–Crippen LogP) is 5.99. The summed E-state index contributed by atoms with van der Waals surface area (Å²) in [4.78, 5) is 29.0. The number of nitrogens with two attached hydrogens (primary N) is 1. The highest BCUT2D eigenvalue weighted by Crippen LogP contribution is 2.42. The van der Waals surface area contributed by atoms with E-state index in [2.05, 4.69) is 46.6 Å². The minimum absolute atomic E-state index is 0.175. The lowest BCUT2D eigenvalue weighted by Gasteiger charge is -2.19. The second-order valence-corrected chi connectivity index (χ2v) is 10.6. The molecule has 0 saturated heterocycles. The van der Waals surface area contributed by atoms with E-state index in [4.69, 9.17) is 15.5 Å². The van der Waals surface area contributed by atoms with E-state index in [1.54, 1.807) is 25.2 Å². The largest absolute Gasteiger partial charge is 0.492 e. The molecule has 42 heavy (non-hydrogen) atoms. The van der Waals surface area contributed by atoms with E-state index < -0.39 is 0 Å². The van der Waals surface area contributed by atoms with Gasteiger partial charge < -0.3 is 25.3 Å². The lowest BCUT2D eigenvalue weighted by molar-refractivity contribution is -0.113. The fourth-order valence-electron chi connectivity index (χ4n) is 5.06. The first-order valence-electron chi connectivity index (χ1n) is 13.9. The second kappa shape index (κ2) is 12.9. The minimum atomic E-state index is -0.175. The van der Waals surface area contributed by atoms with Crippen molar-refractivity contribution in [3.8, 4) is 28.1 Å². The molecule has 0 atom stereocenters. The van der Waals surface area contributed by atoms with Crippen molar-refractivity contribution < 1.29 is 9.53 Å². The van der Waals surface area contributed by atoms with Gasteiger partial charge in [0.1, 0.15) is 18.0 Å². The molecule has 0 radical (unpaired) electrons. The molecule has 8 heteroatoms. The van der Waals surface area contributed by atoms with Gasteiger partial charge in [-0.3, -0.25) is 9.79 Å². The number of pyridine rings is 1. The number of hydrogen-bond donors (Lipinski definition) is 2. The summed E-state index contributed by atoms with van der Waals surface area (Å²) in [6.45, 7) is 11.1. The molecule has 0 fully saturated rings. The maximum atomic E-state index is 12.6. The molecule has 0 aliphatic rings. The lowest BCUT2D eigenvalue weighted by Crippen LogP contribution is -2.24. The van der Waals surface area contributed by atoms with Crippen LogP contribution in [0.5, 0.6) is 5.75 Å². The van der Waals surface area contributed by atoms with Crippen LogP contribution in [0.25, 0.3) is 39.0 Å². The van der Waals surface area contributed by atoms with Crippen LogP contribution < -0.4 is 15.4 Å². The van der Waals surface area contributed by atoms with Crippen molar-refractivity contribution >= 4 is 33.9 Å². The van der Waals surface area contributed by atoms with Gasteiger partial charge in [0.25, 0.3) is 0 Å². The van der Waals surface area contributed by atoms with Crippen LogP contribution in [0.4, 0.5) is 5.69 Å². The Morgan fingerprint density at radius 1 is 1.12 bits per heavy atom. The molecule has 4 aromatic rings. The van der Waals surface area contributed by atoms with Crippen molar-refractivity contribution in [2.75, 3.05) is 46.2 Å². The van der Waals surface area contributed by atoms with E-state index >= 15 is 0 Å². The van der Waals surface area contributed by atoms with Gasteiger partial charge in [-0.05, 0) is 93.5 Å². The number of aliphatic imine (C=N–C) groups is 1. The summed E-state index contributed by atoms with van der Waals surface area (Å²) >= 11 is 0. The molecular formula is C34H40N6O2. The number of rotatable bonds is 10. The van der Waals surface area contributed by atoms with Crippen LogP contribution >= 0.6 is 0 Å². The molecule has 0 saturated carbocycles. The zero-order valence-electron chi connectivity index (χ0n) is 25.6. The number of carbonyl (C=O) groups excluding carboxylic acids is 1. The minimum Gasteiger partial charge on any atom is -0.492 e. The van der Waals surface area contributed by atoms with Crippen molar-refractivity contribution in [3.05, 3.63) is 84.2 Å². The molecule has 218 valence electrons. The zero-order chi connectivity index (χ0) is 30.6. The Morgan fingerprint density at radius 3 is 2.43 bits per heavy atom. The number of likely N-dealkylation sites (N-methyl/N-ethyl adjacent to an activating group) is 2. The Labute approximate surface area is 248 Å². The Hall–Kier alpha value is -4.69. The van der Waals surface area contributed by atoms with E-state index in [0.29, 0.717) is 6.61 Å². The average molecular weight is 565 g/mol. The van der Waals surface area contributed by atoms with Gasteiger partial charge in [-0.2, -0.15) is 0 Å². The number of nitrogens with one attached hydrogen (secondary N) is 1. The first kappa shape index (κ1) is 30.3. The summed E-state index contributed by atoms with van der Waals surface area (Å²) in [6, 6.07) is 14.2. The lowest BCUT2D eigenvalue weighted by atomic mass is 9.92. The predicted molar refractivity (Wildman–Crippen MR) is 175 cm³/mol. The number of hydrogen-bond acceptors (Lipinski definition) is 6. The van der Waals surface area contributed by atoms with Crippen molar-refractivity contribution in [1.82, 2.24) is 14.9 Å². The number of amides is 1. The zero-order valence-corrected chi connectivity index (χ0v) is 25.6. The number of fused-ring (bicyclic) bond motifs is 1. The standard InChI is InChI=1S/C34H40N6O2/c1-9-30(41)40(8)29-18-25(11-10-21(29)2)32-31-22(3)28(27(19-35)23(4)36-5)20-37-34(31)38-33(32)24-12-14-26(15-13-24)42-17-16-39(6)7/h9-15,18-20H,1,16-17,35H2,2-8H3,(H,37,38)/b27-19+,36-23?. The molecule has 0 bridgehead atoms. The third-order valence-corrected chi connectivity index (χ3v) is 7.58. The fraction of sp³-hybridized carbons (Fsp3) is 0.265. The molecular weight excluding hydrogens is 524 g/mol. The topological polar surface area (TPSA) is 99.8 Å². The number of allylic oxidation sites excluding steroid dienone is 1. The number of anilines is 1. The molecule has 2 heterocycles. The summed E-state index contributed by atoms with van der Waals surface area (Å²) < 4.78 is 5.94. The normalized spacial score (nSPS) is 12.2. The summed E-state index contributed by atoms with van der Waals surface area (Å²) in [5, 5.41) is 0.976. The highest BCUT2D eigenvalue weighted by molar-refractivity contribution is 6.23. The summed E-state index contributed by atoms with van der Waals surface area (Å²) in [7, 11) is 7.56. The average Bonchev–Trinajstić information content (AvgIpc) is 3.38. The number of aromatic amines is 1. The summed E-state index contributed by atoms with van der Waals surface area (Å²) in [5.41, 5.74) is 16.1. The van der Waals surface area contributed by atoms with E-state index in [-0.39, 0.29) is 5.91 Å². The third kappa shape index (κ3) is 5.99. The first-order valence-corrected chi connectivity index (χ1v) is 13.9. The van der Waals surface area contributed by atoms with E-state index in [9.17, 15) is 4.79 Å². The van der Waals surface area contributed by atoms with Gasteiger partial charge in [0, 0.05) is 66.5 Å². The molecule has 3 N–H and O–H groups in total. The van der Waals surface area contributed by atoms with Crippen molar-refractivity contribution in [1.29, 1.82) is 0 Å². The van der Waals surface area contributed by atoms with Gasteiger partial charge in [-0.1, -0.05) is 18.7 Å². The monoisotopic (exact) mass is 564 g/mol. The molecule has 0 aliphatic heterocycles. The molecule has 0 aliphatic carbocycles. The smallest absolute Gasteiger partial charge is 0.250 e. The molecule has 2 aromatic heterocycles. The van der Waals surface area contributed by atoms with Crippen LogP contribution in [-0.4, -0.2) is 67.8 Å². The first-order chi connectivity index (χ1) is 20.1. The van der Waals surface area contributed by atoms with Crippen LogP contribution in [0, 0.1) is 13.8 Å². The van der Waals surface area contributed by atoms with Gasteiger partial charge in [-0.15, -0.1) is 0 Å². The maximum Gasteiger partial charge on any atom is 0.250 e. The van der Waals surface area contributed by atoms with Crippen molar-refractivity contribution in [3.63, 3.8) is 0 Å². The van der Waals surface area contributed by atoms with Gasteiger partial charge in [0.15, 0.2) is 0 Å². The van der Waals surface area contributed by atoms with Crippen LogP contribution in [0.1, 0.15) is 23.6 Å². The van der Waals surface area contributed by atoms with Crippen LogP contribution in [0.2, 0.25) is 0 Å². The number of benzene rings is 2. The number of aromatic nitrogens is 2. The van der Waals surface area contributed by atoms with Gasteiger partial charge in [-0.25, -0.2) is 4.98 Å². The molecule has 1 amide bonds. The molecule has 4 rings (SSSR count). The number of ether oxygens (including phenoxy) is 1. The molecule has 0 unspecified atom stereocenters. The number of H-pyrrole nitrogens is 1.